The van der Waals surface area contributed by atoms with Gasteiger partial charge in [0.2, 0.25) is 5.91 Å². The van der Waals surface area contributed by atoms with Crippen LogP contribution in [-0.4, -0.2) is 47.4 Å². The minimum absolute atomic E-state index is 0.0133. The van der Waals surface area contributed by atoms with Crippen molar-refractivity contribution >= 4 is 11.9 Å². The number of ether oxygens (including phenoxy) is 1. The van der Waals surface area contributed by atoms with E-state index in [0.717, 1.165) is 51.4 Å². The van der Waals surface area contributed by atoms with Crippen molar-refractivity contribution in [3.63, 3.8) is 0 Å². The van der Waals surface area contributed by atoms with E-state index in [9.17, 15) is 19.8 Å². The number of allylic oxidation sites excluding steroid dienone is 4. The highest BCUT2D eigenvalue weighted by Gasteiger charge is 2.20. The van der Waals surface area contributed by atoms with Crippen molar-refractivity contribution in [2.24, 2.45) is 0 Å². The minimum Gasteiger partial charge on any atom is -0.466 e. The first kappa shape index (κ1) is 83.3. The third kappa shape index (κ3) is 71.3. The molecule has 2 atom stereocenters. The number of carbonyl (C=O) groups excluding carboxylic acids is 2. The minimum atomic E-state index is -0.662. The van der Waals surface area contributed by atoms with E-state index in [2.05, 4.69) is 43.5 Å². The van der Waals surface area contributed by atoms with Crippen molar-refractivity contribution in [2.45, 2.75) is 456 Å². The number of hydrogen-bond donors (Lipinski definition) is 3. The molecule has 0 saturated heterocycles. The average molecular weight is 1200 g/mol. The second kappa shape index (κ2) is 74.8. The van der Waals surface area contributed by atoms with Crippen LogP contribution < -0.4 is 5.32 Å². The number of esters is 1. The zero-order valence-corrected chi connectivity index (χ0v) is 57.9. The highest BCUT2D eigenvalue weighted by atomic mass is 16.5. The molecule has 3 N–H and O–H groups in total. The summed E-state index contributed by atoms with van der Waals surface area (Å²) in [6.07, 6.45) is 95.4. The molecule has 6 heteroatoms. The number of carbonyl (C=O) groups is 2. The zero-order valence-electron chi connectivity index (χ0n) is 57.9. The first-order valence-corrected chi connectivity index (χ1v) is 39.1. The first-order chi connectivity index (χ1) is 42.0. The molecule has 0 aliphatic heterocycles. The van der Waals surface area contributed by atoms with Crippen LogP contribution in [0.3, 0.4) is 0 Å². The molecular weight excluding hydrogens is 1040 g/mol. The van der Waals surface area contributed by atoms with Gasteiger partial charge >= 0.3 is 5.97 Å². The Morgan fingerprint density at radius 3 is 0.918 bits per heavy atom. The van der Waals surface area contributed by atoms with Gasteiger partial charge in [-0.1, -0.05) is 398 Å². The maximum absolute atomic E-state index is 12.6. The molecule has 2 unspecified atom stereocenters. The number of aliphatic hydroxyl groups is 2. The number of unbranched alkanes of at least 4 members (excludes halogenated alkanes) is 59. The lowest BCUT2D eigenvalue weighted by Gasteiger charge is -2.22. The smallest absolute Gasteiger partial charge is 0.305 e. The summed E-state index contributed by atoms with van der Waals surface area (Å²) in [6.45, 7) is 4.98. The Hall–Kier alpha value is -1.66. The van der Waals surface area contributed by atoms with Gasteiger partial charge in [0.05, 0.1) is 25.4 Å². The van der Waals surface area contributed by atoms with Crippen LogP contribution in [0.5, 0.6) is 0 Å². The van der Waals surface area contributed by atoms with Crippen LogP contribution in [0.1, 0.15) is 444 Å². The second-order valence-electron chi connectivity index (χ2n) is 27.0. The zero-order chi connectivity index (χ0) is 61.3. The van der Waals surface area contributed by atoms with Gasteiger partial charge in [0.1, 0.15) is 0 Å². The summed E-state index contributed by atoms with van der Waals surface area (Å²) in [5, 5.41) is 23.5. The van der Waals surface area contributed by atoms with Crippen LogP contribution in [0.4, 0.5) is 0 Å². The lowest BCUT2D eigenvalue weighted by Crippen LogP contribution is -2.45. The monoisotopic (exact) mass is 1200 g/mol. The molecular formula is C79H153NO5. The number of nitrogens with one attached hydrogen (secondary N) is 1. The van der Waals surface area contributed by atoms with Crippen molar-refractivity contribution in [3.05, 3.63) is 24.3 Å². The van der Waals surface area contributed by atoms with Gasteiger partial charge in [-0.05, 0) is 57.8 Å². The predicted octanol–water partition coefficient (Wildman–Crippen LogP) is 25.7. The Morgan fingerprint density at radius 2 is 0.588 bits per heavy atom. The molecule has 0 aromatic heterocycles. The van der Waals surface area contributed by atoms with E-state index >= 15 is 0 Å². The molecule has 0 rings (SSSR count). The molecule has 0 aromatic carbocycles. The van der Waals surface area contributed by atoms with Gasteiger partial charge in [-0.2, -0.15) is 0 Å². The maximum Gasteiger partial charge on any atom is 0.305 e. The van der Waals surface area contributed by atoms with Crippen LogP contribution in [0.2, 0.25) is 0 Å². The van der Waals surface area contributed by atoms with Crippen molar-refractivity contribution < 1.29 is 24.5 Å². The van der Waals surface area contributed by atoms with E-state index in [0.29, 0.717) is 25.9 Å². The van der Waals surface area contributed by atoms with Gasteiger partial charge in [0.25, 0.3) is 0 Å². The number of hydrogen-bond acceptors (Lipinski definition) is 5. The molecule has 0 aromatic rings. The molecule has 85 heavy (non-hydrogen) atoms. The Labute approximate surface area is 532 Å². The van der Waals surface area contributed by atoms with Crippen LogP contribution in [0.15, 0.2) is 24.3 Å². The van der Waals surface area contributed by atoms with Gasteiger partial charge in [0, 0.05) is 12.8 Å². The quantitative estimate of drug-likeness (QED) is 0.0320. The van der Waals surface area contributed by atoms with Gasteiger partial charge in [-0.15, -0.1) is 0 Å². The fourth-order valence-corrected chi connectivity index (χ4v) is 12.6. The average Bonchev–Trinajstić information content (AvgIpc) is 3.51. The van der Waals surface area contributed by atoms with E-state index in [-0.39, 0.29) is 18.5 Å². The fourth-order valence-electron chi connectivity index (χ4n) is 12.6. The predicted molar refractivity (Wildman–Crippen MR) is 375 cm³/mol. The summed E-state index contributed by atoms with van der Waals surface area (Å²) in [5.41, 5.74) is 0. The summed E-state index contributed by atoms with van der Waals surface area (Å²) in [6, 6.07) is -0.539. The van der Waals surface area contributed by atoms with E-state index in [1.165, 1.54) is 360 Å². The fraction of sp³-hybridized carbons (Fsp3) is 0.924. The maximum atomic E-state index is 12.6. The van der Waals surface area contributed by atoms with Crippen molar-refractivity contribution in [1.82, 2.24) is 5.32 Å². The molecule has 0 bridgehead atoms. The molecule has 0 fully saturated rings. The van der Waals surface area contributed by atoms with E-state index in [1.54, 1.807) is 0 Å². The van der Waals surface area contributed by atoms with Crippen LogP contribution in [0.25, 0.3) is 0 Å². The molecule has 504 valence electrons. The summed E-state index contributed by atoms with van der Waals surface area (Å²) in [5.74, 6) is -0.0125. The topological polar surface area (TPSA) is 95.9 Å². The van der Waals surface area contributed by atoms with Crippen LogP contribution >= 0.6 is 0 Å². The summed E-state index contributed by atoms with van der Waals surface area (Å²) in [4.78, 5) is 24.7. The molecule has 0 saturated carbocycles. The van der Waals surface area contributed by atoms with Gasteiger partial charge in [0.15, 0.2) is 0 Å². The lowest BCUT2D eigenvalue weighted by molar-refractivity contribution is -0.143. The van der Waals surface area contributed by atoms with Crippen LogP contribution in [0, 0.1) is 0 Å². The van der Waals surface area contributed by atoms with Crippen molar-refractivity contribution in [2.75, 3.05) is 13.2 Å². The number of aliphatic hydroxyl groups excluding tert-OH is 2. The van der Waals surface area contributed by atoms with E-state index < -0.39 is 12.1 Å². The van der Waals surface area contributed by atoms with Crippen LogP contribution in [-0.2, 0) is 14.3 Å². The molecule has 0 aliphatic rings. The largest absolute Gasteiger partial charge is 0.466 e. The highest BCUT2D eigenvalue weighted by molar-refractivity contribution is 5.76. The van der Waals surface area contributed by atoms with E-state index in [1.807, 2.05) is 0 Å². The molecule has 1 amide bonds. The van der Waals surface area contributed by atoms with Crippen molar-refractivity contribution in [1.29, 1.82) is 0 Å². The summed E-state index contributed by atoms with van der Waals surface area (Å²) < 4.78 is 5.51. The molecule has 0 spiro atoms. The van der Waals surface area contributed by atoms with Crippen molar-refractivity contribution in [3.8, 4) is 0 Å². The Balaban J connectivity index is 3.33. The van der Waals surface area contributed by atoms with Gasteiger partial charge in [-0.3, -0.25) is 9.59 Å². The normalized spacial score (nSPS) is 12.6. The standard InChI is InChI=1S/C79H153NO5/c1-3-5-7-9-11-13-15-17-19-21-22-33-36-40-43-47-51-55-59-63-67-71-77(82)76(75-81)80-78(83)72-68-64-60-56-52-48-44-41-37-34-31-29-27-25-23-24-26-28-30-32-35-38-42-46-50-54-58-62-66-70-74-85-79(84)73-69-65-61-57-53-49-45-39-20-18-16-14-12-10-8-6-4-2/h12,14,18,20,76-77,81-82H,3-11,13,15-17,19,21-75H2,1-2H3,(H,80,83)/b14-12-,20-18-. The molecule has 0 aliphatic carbocycles. The third-order valence-corrected chi connectivity index (χ3v) is 18.5. The second-order valence-corrected chi connectivity index (χ2v) is 27.0. The Kier molecular flexibility index (Phi) is 73.3. The van der Waals surface area contributed by atoms with Gasteiger partial charge < -0.3 is 20.3 Å². The Bertz CT molecular complexity index is 1330. The van der Waals surface area contributed by atoms with Gasteiger partial charge in [-0.25, -0.2) is 0 Å². The summed E-state index contributed by atoms with van der Waals surface area (Å²) >= 11 is 0. The first-order valence-electron chi connectivity index (χ1n) is 39.1. The summed E-state index contributed by atoms with van der Waals surface area (Å²) in [7, 11) is 0. The SMILES string of the molecule is CCCCC/C=C\C/C=C\CCCCCCCCCC(=O)OCCCCCCCCCCCCCCCCCCCCCCCCCCCCCCCCC(=O)NC(CO)C(O)CCCCCCCCCCCCCCCCCCCCCCC. The number of rotatable bonds is 74. The molecule has 0 radical (unpaired) electrons. The highest BCUT2D eigenvalue weighted by Crippen LogP contribution is 2.20. The third-order valence-electron chi connectivity index (χ3n) is 18.5. The van der Waals surface area contributed by atoms with E-state index in [4.69, 9.17) is 4.74 Å². The molecule has 6 nitrogen and oxygen atoms in total. The lowest BCUT2D eigenvalue weighted by atomic mass is 10.0. The Morgan fingerprint density at radius 1 is 0.329 bits per heavy atom. The molecule has 0 heterocycles. The number of amides is 1.